The molecule has 1 aliphatic carbocycles. The number of Topliss-reactive ketones (excluding diaryl/α,β-unsaturated/α-hetero) is 1. The number of carbonyl (C=O) groups is 2. The molecule has 0 saturated carbocycles. The molecular weight excluding hydrogens is 280 g/mol. The fraction of sp³-hybridized carbons (Fsp3) is 0.111. The number of rotatable bonds is 3. The van der Waals surface area contributed by atoms with Crippen molar-refractivity contribution in [3.63, 3.8) is 0 Å². The summed E-state index contributed by atoms with van der Waals surface area (Å²) in [5.74, 6) is -1.01. The van der Waals surface area contributed by atoms with Crippen LogP contribution in [0, 0.1) is 6.92 Å². The number of benzene rings is 2. The number of fused-ring (bicyclic) bond motifs is 1. The Morgan fingerprint density at radius 1 is 1.05 bits per heavy atom. The third kappa shape index (κ3) is 1.92. The van der Waals surface area contributed by atoms with E-state index in [9.17, 15) is 14.7 Å². The molecule has 110 valence electrons. The van der Waals surface area contributed by atoms with Crippen molar-refractivity contribution < 1.29 is 19.4 Å². The first kappa shape index (κ1) is 14.1. The average Bonchev–Trinajstić information content (AvgIpc) is 2.81. The van der Waals surface area contributed by atoms with Gasteiger partial charge in [0, 0.05) is 16.7 Å². The minimum atomic E-state index is -1.13. The van der Waals surface area contributed by atoms with Crippen molar-refractivity contribution in [3.8, 4) is 5.75 Å². The Kier molecular flexibility index (Phi) is 3.29. The quantitative estimate of drug-likeness (QED) is 0.944. The largest absolute Gasteiger partial charge is 0.496 e. The van der Waals surface area contributed by atoms with Crippen LogP contribution in [0.2, 0.25) is 0 Å². The Balaban J connectivity index is 2.38. The van der Waals surface area contributed by atoms with Crippen LogP contribution in [-0.2, 0) is 4.79 Å². The highest BCUT2D eigenvalue weighted by atomic mass is 16.5. The molecule has 3 rings (SSSR count). The summed E-state index contributed by atoms with van der Waals surface area (Å²) in [7, 11) is 1.46. The molecule has 0 spiro atoms. The predicted octanol–water partition coefficient (Wildman–Crippen LogP) is 3.20. The van der Waals surface area contributed by atoms with Crippen molar-refractivity contribution in [2.24, 2.45) is 0 Å². The van der Waals surface area contributed by atoms with Crippen LogP contribution in [0.1, 0.15) is 27.0 Å². The van der Waals surface area contributed by atoms with Gasteiger partial charge in [-0.3, -0.25) is 4.79 Å². The lowest BCUT2D eigenvalue weighted by molar-refractivity contribution is -0.130. The van der Waals surface area contributed by atoms with Gasteiger partial charge in [0.1, 0.15) is 5.75 Å². The lowest BCUT2D eigenvalue weighted by atomic mass is 9.95. The molecule has 1 aliphatic rings. The monoisotopic (exact) mass is 294 g/mol. The summed E-state index contributed by atoms with van der Waals surface area (Å²) in [5.41, 5.74) is 2.46. The number of carboxylic acids is 1. The van der Waals surface area contributed by atoms with Crippen molar-refractivity contribution in [2.45, 2.75) is 6.92 Å². The van der Waals surface area contributed by atoms with Gasteiger partial charge in [-0.2, -0.15) is 0 Å². The summed E-state index contributed by atoms with van der Waals surface area (Å²) in [5, 5.41) is 9.65. The van der Waals surface area contributed by atoms with E-state index in [0.29, 0.717) is 22.4 Å². The van der Waals surface area contributed by atoms with Gasteiger partial charge >= 0.3 is 5.97 Å². The van der Waals surface area contributed by atoms with Crippen LogP contribution in [0.4, 0.5) is 0 Å². The molecule has 22 heavy (non-hydrogen) atoms. The molecule has 0 fully saturated rings. The van der Waals surface area contributed by atoms with E-state index in [1.807, 2.05) is 19.1 Å². The van der Waals surface area contributed by atoms with Crippen LogP contribution in [0.3, 0.4) is 0 Å². The van der Waals surface area contributed by atoms with Gasteiger partial charge in [-0.15, -0.1) is 0 Å². The lowest BCUT2D eigenvalue weighted by Crippen LogP contribution is -2.03. The summed E-state index contributed by atoms with van der Waals surface area (Å²) in [6.07, 6.45) is 0. The zero-order valence-corrected chi connectivity index (χ0v) is 12.2. The first-order valence-electron chi connectivity index (χ1n) is 6.82. The van der Waals surface area contributed by atoms with Crippen LogP contribution in [0.5, 0.6) is 5.75 Å². The molecule has 0 unspecified atom stereocenters. The number of hydrogen-bond acceptors (Lipinski definition) is 3. The van der Waals surface area contributed by atoms with Crippen molar-refractivity contribution in [1.29, 1.82) is 0 Å². The van der Waals surface area contributed by atoms with E-state index < -0.39 is 5.97 Å². The molecule has 0 radical (unpaired) electrons. The molecule has 0 atom stereocenters. The number of carboxylic acid groups (broad SMARTS) is 1. The number of hydrogen-bond donors (Lipinski definition) is 1. The minimum absolute atomic E-state index is 0.00625. The number of methoxy groups -OCH3 is 1. The molecule has 2 aromatic rings. The smallest absolute Gasteiger partial charge is 0.337 e. The van der Waals surface area contributed by atoms with E-state index in [1.165, 1.54) is 7.11 Å². The number of ketones is 1. The van der Waals surface area contributed by atoms with E-state index in [1.54, 1.807) is 30.3 Å². The van der Waals surface area contributed by atoms with Crippen molar-refractivity contribution in [3.05, 3.63) is 64.7 Å². The highest BCUT2D eigenvalue weighted by Crippen LogP contribution is 2.43. The molecule has 0 aliphatic heterocycles. The SMILES string of the molecule is COc1cccc2c1C(C(=O)O)=C(c1ccccc1C)C2=O. The van der Waals surface area contributed by atoms with Gasteiger partial charge in [-0.25, -0.2) is 4.79 Å². The molecule has 0 bridgehead atoms. The zero-order valence-electron chi connectivity index (χ0n) is 12.2. The molecule has 4 nitrogen and oxygen atoms in total. The summed E-state index contributed by atoms with van der Waals surface area (Å²) in [4.78, 5) is 24.6. The van der Waals surface area contributed by atoms with E-state index >= 15 is 0 Å². The normalized spacial score (nSPS) is 13.3. The van der Waals surface area contributed by atoms with Gasteiger partial charge < -0.3 is 9.84 Å². The van der Waals surface area contributed by atoms with Crippen LogP contribution in [0.15, 0.2) is 42.5 Å². The fourth-order valence-electron chi connectivity index (χ4n) is 2.85. The summed E-state index contributed by atoms with van der Waals surface area (Å²) in [6, 6.07) is 12.3. The number of aliphatic carboxylic acids is 1. The number of carbonyl (C=O) groups excluding carboxylic acids is 1. The molecular formula is C18H14O4. The first-order valence-corrected chi connectivity index (χ1v) is 6.82. The van der Waals surface area contributed by atoms with Crippen molar-refractivity contribution in [1.82, 2.24) is 0 Å². The topological polar surface area (TPSA) is 63.6 Å². The fourth-order valence-corrected chi connectivity index (χ4v) is 2.85. The van der Waals surface area contributed by atoms with Crippen LogP contribution in [-0.4, -0.2) is 24.0 Å². The van der Waals surface area contributed by atoms with Gasteiger partial charge in [0.05, 0.1) is 12.7 Å². The van der Waals surface area contributed by atoms with Gasteiger partial charge in [0.25, 0.3) is 0 Å². The molecule has 2 aromatic carbocycles. The van der Waals surface area contributed by atoms with Crippen molar-refractivity contribution in [2.75, 3.05) is 7.11 Å². The lowest BCUT2D eigenvalue weighted by Gasteiger charge is -2.08. The Hall–Kier alpha value is -2.88. The van der Waals surface area contributed by atoms with Crippen LogP contribution in [0.25, 0.3) is 11.1 Å². The Bertz CT molecular complexity index is 831. The standard InChI is InChI=1S/C18H14O4/c1-10-6-3-4-7-11(10)15-16(18(20)21)14-12(17(15)19)8-5-9-13(14)22-2/h3-9H,1-2H3,(H,20,21). The highest BCUT2D eigenvalue weighted by molar-refractivity contribution is 6.48. The summed E-state index contributed by atoms with van der Waals surface area (Å²) < 4.78 is 5.25. The Morgan fingerprint density at radius 3 is 2.36 bits per heavy atom. The second-order valence-electron chi connectivity index (χ2n) is 5.08. The molecule has 0 amide bonds. The van der Waals surface area contributed by atoms with E-state index in [2.05, 4.69) is 0 Å². The maximum absolute atomic E-state index is 12.8. The second-order valence-corrected chi connectivity index (χ2v) is 5.08. The molecule has 4 heteroatoms. The van der Waals surface area contributed by atoms with E-state index in [-0.39, 0.29) is 16.9 Å². The Morgan fingerprint density at radius 2 is 1.73 bits per heavy atom. The molecule has 1 N–H and O–H groups in total. The number of allylic oxidation sites excluding steroid dienone is 1. The first-order chi connectivity index (χ1) is 10.6. The zero-order chi connectivity index (χ0) is 15.9. The number of ether oxygens (including phenoxy) is 1. The number of aryl methyl sites for hydroxylation is 1. The Labute approximate surface area is 127 Å². The van der Waals surface area contributed by atoms with Gasteiger partial charge in [0.15, 0.2) is 5.78 Å². The third-order valence-electron chi connectivity index (χ3n) is 3.85. The average molecular weight is 294 g/mol. The molecule has 0 saturated heterocycles. The van der Waals surface area contributed by atoms with E-state index in [4.69, 9.17) is 4.74 Å². The molecule has 0 aromatic heterocycles. The van der Waals surface area contributed by atoms with E-state index in [0.717, 1.165) is 5.56 Å². The van der Waals surface area contributed by atoms with Crippen LogP contribution < -0.4 is 4.74 Å². The predicted molar refractivity (Wildman–Crippen MR) is 83.0 cm³/mol. The van der Waals surface area contributed by atoms with Gasteiger partial charge in [-0.05, 0) is 24.1 Å². The van der Waals surface area contributed by atoms with Crippen molar-refractivity contribution >= 4 is 22.9 Å². The summed E-state index contributed by atoms with van der Waals surface area (Å²) in [6.45, 7) is 1.86. The van der Waals surface area contributed by atoms with Gasteiger partial charge in [0.2, 0.25) is 0 Å². The minimum Gasteiger partial charge on any atom is -0.496 e. The maximum atomic E-state index is 12.8. The highest BCUT2D eigenvalue weighted by Gasteiger charge is 2.36. The second kappa shape index (κ2) is 5.15. The maximum Gasteiger partial charge on any atom is 0.337 e. The summed E-state index contributed by atoms with van der Waals surface area (Å²) >= 11 is 0. The third-order valence-corrected chi connectivity index (χ3v) is 3.85. The molecule has 0 heterocycles. The van der Waals surface area contributed by atoms with Crippen LogP contribution >= 0.6 is 0 Å². The van der Waals surface area contributed by atoms with Gasteiger partial charge in [-0.1, -0.05) is 36.4 Å².